The van der Waals surface area contributed by atoms with Gasteiger partial charge in [0, 0.05) is 6.20 Å². The molecule has 2 heterocycles. The average molecular weight is 234 g/mol. The minimum atomic E-state index is 0. The number of anilines is 1. The van der Waals surface area contributed by atoms with Crippen LogP contribution in [0.1, 0.15) is 0 Å². The summed E-state index contributed by atoms with van der Waals surface area (Å²) in [7, 11) is 0. The number of aromatic nitrogens is 4. The fourth-order valence-electron chi connectivity index (χ4n) is 0.890. The minimum Gasteiger partial charge on any atom is -0.366 e. The van der Waals surface area contributed by atoms with Gasteiger partial charge in [0.2, 0.25) is 5.95 Å². The molecule has 0 atom stereocenters. The lowest BCUT2D eigenvalue weighted by Crippen LogP contribution is -1.96. The Labute approximate surface area is 93.2 Å². The van der Waals surface area contributed by atoms with Gasteiger partial charge in [-0.1, -0.05) is 0 Å². The summed E-state index contributed by atoms with van der Waals surface area (Å²) in [4.78, 5) is 7.74. The van der Waals surface area contributed by atoms with Gasteiger partial charge in [-0.15, -0.1) is 29.9 Å². The second-order valence-corrected chi connectivity index (χ2v) is 2.26. The van der Waals surface area contributed by atoms with Gasteiger partial charge in [-0.2, -0.15) is 0 Å². The van der Waals surface area contributed by atoms with E-state index in [2.05, 4.69) is 15.1 Å². The Morgan fingerprint density at radius 1 is 1.29 bits per heavy atom. The van der Waals surface area contributed by atoms with Crippen molar-refractivity contribution in [3.05, 3.63) is 30.9 Å². The van der Waals surface area contributed by atoms with Crippen molar-refractivity contribution in [1.82, 2.24) is 19.7 Å². The van der Waals surface area contributed by atoms with Gasteiger partial charge in [-0.25, -0.2) is 9.67 Å². The summed E-state index contributed by atoms with van der Waals surface area (Å²) in [5.74, 6) is 0.263. The maximum absolute atomic E-state index is 5.35. The summed E-state index contributed by atoms with van der Waals surface area (Å²) in [6, 6.07) is 3.70. The number of nitrogen functional groups attached to an aromatic ring is 1. The molecule has 0 bridgehead atoms. The summed E-state index contributed by atoms with van der Waals surface area (Å²) < 4.78 is 1.57. The Hall–Kier alpha value is -1.33. The molecule has 2 aromatic rings. The molecule has 0 aliphatic carbocycles. The molecule has 0 aliphatic heterocycles. The molecule has 0 aliphatic rings. The second kappa shape index (κ2) is 5.41. The van der Waals surface area contributed by atoms with Gasteiger partial charge in [0.25, 0.3) is 0 Å². The van der Waals surface area contributed by atoms with E-state index in [1.807, 2.05) is 12.1 Å². The lowest BCUT2D eigenvalue weighted by molar-refractivity contribution is 0.876. The van der Waals surface area contributed by atoms with E-state index in [-0.39, 0.29) is 30.8 Å². The van der Waals surface area contributed by atoms with Crippen LogP contribution in [-0.4, -0.2) is 19.7 Å². The SMILES string of the molecule is Cl.Cl.Nc1ncn(-c2cccnc2)n1. The molecule has 0 unspecified atom stereocenters. The van der Waals surface area contributed by atoms with E-state index in [1.165, 1.54) is 0 Å². The first-order valence-corrected chi connectivity index (χ1v) is 3.44. The highest BCUT2D eigenvalue weighted by Gasteiger charge is 1.97. The number of hydrogen-bond donors (Lipinski definition) is 1. The van der Waals surface area contributed by atoms with Gasteiger partial charge in [0.1, 0.15) is 6.33 Å². The van der Waals surface area contributed by atoms with Gasteiger partial charge < -0.3 is 5.73 Å². The van der Waals surface area contributed by atoms with Gasteiger partial charge in [0.15, 0.2) is 0 Å². The smallest absolute Gasteiger partial charge is 0.239 e. The Morgan fingerprint density at radius 2 is 2.07 bits per heavy atom. The van der Waals surface area contributed by atoms with E-state index in [0.29, 0.717) is 0 Å². The van der Waals surface area contributed by atoms with E-state index in [9.17, 15) is 0 Å². The lowest BCUT2D eigenvalue weighted by Gasteiger charge is -1.95. The number of halogens is 2. The Bertz CT molecular complexity index is 375. The van der Waals surface area contributed by atoms with Crippen LogP contribution in [0.5, 0.6) is 0 Å². The van der Waals surface area contributed by atoms with Gasteiger partial charge in [0.05, 0.1) is 11.9 Å². The first-order valence-electron chi connectivity index (χ1n) is 3.44. The highest BCUT2D eigenvalue weighted by molar-refractivity contribution is 5.85. The third-order valence-electron chi connectivity index (χ3n) is 1.42. The molecular formula is C7H9Cl2N5. The van der Waals surface area contributed by atoms with Gasteiger partial charge in [-0.05, 0) is 12.1 Å². The molecule has 2 N–H and O–H groups in total. The maximum atomic E-state index is 5.35. The lowest BCUT2D eigenvalue weighted by atomic mass is 10.4. The first kappa shape index (κ1) is 12.7. The van der Waals surface area contributed by atoms with Crippen molar-refractivity contribution in [2.75, 3.05) is 5.73 Å². The van der Waals surface area contributed by atoms with Crippen LogP contribution in [-0.2, 0) is 0 Å². The number of rotatable bonds is 1. The monoisotopic (exact) mass is 233 g/mol. The molecule has 0 amide bonds. The van der Waals surface area contributed by atoms with Crippen LogP contribution in [0.2, 0.25) is 0 Å². The quantitative estimate of drug-likeness (QED) is 0.801. The molecule has 0 fully saturated rings. The molecule has 0 saturated carbocycles. The topological polar surface area (TPSA) is 69.6 Å². The van der Waals surface area contributed by atoms with Crippen molar-refractivity contribution in [2.45, 2.75) is 0 Å². The zero-order valence-corrected chi connectivity index (χ0v) is 8.70. The molecule has 2 rings (SSSR count). The molecule has 0 radical (unpaired) electrons. The van der Waals surface area contributed by atoms with E-state index in [4.69, 9.17) is 5.73 Å². The van der Waals surface area contributed by atoms with Crippen molar-refractivity contribution in [1.29, 1.82) is 0 Å². The Kier molecular flexibility index (Phi) is 4.90. The van der Waals surface area contributed by atoms with Crippen LogP contribution in [0.15, 0.2) is 30.9 Å². The highest BCUT2D eigenvalue weighted by Crippen LogP contribution is 2.02. The van der Waals surface area contributed by atoms with Crippen molar-refractivity contribution < 1.29 is 0 Å². The standard InChI is InChI=1S/C7H7N5.2ClH/c8-7-10-5-12(11-7)6-2-1-3-9-4-6;;/h1-5H,(H2,8,11);2*1H. The van der Waals surface area contributed by atoms with Crippen molar-refractivity contribution in [2.24, 2.45) is 0 Å². The van der Waals surface area contributed by atoms with Crippen LogP contribution in [0.3, 0.4) is 0 Å². The van der Waals surface area contributed by atoms with Crippen LogP contribution >= 0.6 is 24.8 Å². The molecule has 0 aromatic carbocycles. The van der Waals surface area contributed by atoms with Crippen LogP contribution < -0.4 is 5.73 Å². The summed E-state index contributed by atoms with van der Waals surface area (Å²) in [5, 5.41) is 3.92. The summed E-state index contributed by atoms with van der Waals surface area (Å²) >= 11 is 0. The van der Waals surface area contributed by atoms with Crippen molar-refractivity contribution in [3.8, 4) is 5.69 Å². The summed E-state index contributed by atoms with van der Waals surface area (Å²) in [5.41, 5.74) is 6.20. The van der Waals surface area contributed by atoms with Crippen LogP contribution in [0.25, 0.3) is 5.69 Å². The maximum Gasteiger partial charge on any atom is 0.239 e. The summed E-state index contributed by atoms with van der Waals surface area (Å²) in [6.07, 6.45) is 4.93. The molecule has 5 nitrogen and oxygen atoms in total. The molecule has 14 heavy (non-hydrogen) atoms. The molecule has 0 saturated heterocycles. The normalized spacial score (nSPS) is 8.57. The third kappa shape index (κ3) is 2.58. The number of hydrogen-bond acceptors (Lipinski definition) is 4. The molecule has 2 aromatic heterocycles. The van der Waals surface area contributed by atoms with E-state index in [1.54, 1.807) is 23.4 Å². The van der Waals surface area contributed by atoms with E-state index >= 15 is 0 Å². The predicted octanol–water partition coefficient (Wildman–Crippen LogP) is 1.09. The largest absolute Gasteiger partial charge is 0.366 e. The van der Waals surface area contributed by atoms with Crippen molar-refractivity contribution >= 4 is 30.8 Å². The minimum absolute atomic E-state index is 0. The van der Waals surface area contributed by atoms with Crippen molar-refractivity contribution in [3.63, 3.8) is 0 Å². The molecule has 0 spiro atoms. The van der Waals surface area contributed by atoms with Gasteiger partial charge >= 0.3 is 0 Å². The third-order valence-corrected chi connectivity index (χ3v) is 1.42. The van der Waals surface area contributed by atoms with E-state index < -0.39 is 0 Å². The molecule has 7 heteroatoms. The Balaban J connectivity index is 0.000000845. The number of pyridine rings is 1. The fraction of sp³-hybridized carbons (Fsp3) is 0. The Morgan fingerprint density at radius 3 is 2.57 bits per heavy atom. The predicted molar refractivity (Wildman–Crippen MR) is 58.1 cm³/mol. The fourth-order valence-corrected chi connectivity index (χ4v) is 0.890. The van der Waals surface area contributed by atoms with Crippen LogP contribution in [0.4, 0.5) is 5.95 Å². The van der Waals surface area contributed by atoms with Gasteiger partial charge in [-0.3, -0.25) is 4.98 Å². The summed E-state index contributed by atoms with van der Waals surface area (Å²) in [6.45, 7) is 0. The molecule has 76 valence electrons. The second-order valence-electron chi connectivity index (χ2n) is 2.26. The molecular weight excluding hydrogens is 225 g/mol. The first-order chi connectivity index (χ1) is 5.86. The van der Waals surface area contributed by atoms with Crippen LogP contribution in [0, 0.1) is 0 Å². The zero-order valence-electron chi connectivity index (χ0n) is 7.07. The zero-order chi connectivity index (χ0) is 8.39. The number of nitrogens with two attached hydrogens (primary N) is 1. The number of nitrogens with zero attached hydrogens (tertiary/aromatic N) is 4. The highest BCUT2D eigenvalue weighted by atomic mass is 35.5. The average Bonchev–Trinajstić information content (AvgIpc) is 2.54. The van der Waals surface area contributed by atoms with E-state index in [0.717, 1.165) is 5.69 Å².